The Bertz CT molecular complexity index is 1490. The van der Waals surface area contributed by atoms with Crippen molar-refractivity contribution < 1.29 is 9.21 Å². The maximum Gasteiger partial charge on any atom is 0.289 e. The number of piperazine rings is 1. The number of carbonyl (C=O) groups is 1. The lowest BCUT2D eigenvalue weighted by Crippen LogP contribution is -2.54. The highest BCUT2D eigenvalue weighted by molar-refractivity contribution is 5.94. The second-order valence-corrected chi connectivity index (χ2v) is 8.75. The van der Waals surface area contributed by atoms with E-state index in [1.807, 2.05) is 33.6 Å². The molecule has 5 aromatic rings. The molecule has 1 fully saturated rings. The summed E-state index contributed by atoms with van der Waals surface area (Å²) >= 11 is 0. The molecule has 0 radical (unpaired) electrons. The molecule has 0 bridgehead atoms. The first kappa shape index (κ1) is 20.4. The molecule has 1 aliphatic rings. The van der Waals surface area contributed by atoms with Crippen LogP contribution in [0.3, 0.4) is 0 Å². The average molecular weight is 453 g/mol. The van der Waals surface area contributed by atoms with Crippen LogP contribution in [0, 0.1) is 6.92 Å². The SMILES string of the molecule is Cc1ccc(-c2nnc3c4ccccc4nc(N4CCN(C(=O)c5ccco5)[C@@H](C)C4)n23)cc1. The molecule has 4 heterocycles. The number of hydrogen-bond donors (Lipinski definition) is 0. The molecule has 2 aromatic carbocycles. The van der Waals surface area contributed by atoms with Crippen LogP contribution >= 0.6 is 0 Å². The fraction of sp³-hybridized carbons (Fsp3) is 0.231. The van der Waals surface area contributed by atoms with E-state index in [1.54, 1.807) is 12.1 Å². The molecule has 0 N–H and O–H groups in total. The Labute approximate surface area is 196 Å². The molecule has 34 heavy (non-hydrogen) atoms. The van der Waals surface area contributed by atoms with Gasteiger partial charge in [-0.25, -0.2) is 9.38 Å². The van der Waals surface area contributed by atoms with Crippen LogP contribution in [-0.2, 0) is 0 Å². The van der Waals surface area contributed by atoms with Crippen molar-refractivity contribution in [3.63, 3.8) is 0 Å². The van der Waals surface area contributed by atoms with Gasteiger partial charge in [0.25, 0.3) is 5.91 Å². The number of carbonyl (C=O) groups excluding carboxylic acids is 1. The van der Waals surface area contributed by atoms with Crippen LogP contribution in [0.15, 0.2) is 71.3 Å². The standard InChI is InChI=1S/C26H24N6O2/c1-17-9-11-19(12-10-17)23-28-29-24-20-6-3-4-7-21(20)27-26(32(23)24)30-13-14-31(18(2)16-30)25(33)22-8-5-15-34-22/h3-12,15,18H,13-14,16H2,1-2H3/t18-/m0/s1. The molecule has 6 rings (SSSR count). The molecular weight excluding hydrogens is 428 g/mol. The van der Waals surface area contributed by atoms with Gasteiger partial charge in [-0.1, -0.05) is 42.0 Å². The van der Waals surface area contributed by atoms with Crippen molar-refractivity contribution in [2.24, 2.45) is 0 Å². The Morgan fingerprint density at radius 2 is 1.82 bits per heavy atom. The van der Waals surface area contributed by atoms with Gasteiger partial charge in [0.05, 0.1) is 11.8 Å². The number of fused-ring (bicyclic) bond motifs is 3. The highest BCUT2D eigenvalue weighted by atomic mass is 16.3. The van der Waals surface area contributed by atoms with Crippen molar-refractivity contribution >= 4 is 28.4 Å². The van der Waals surface area contributed by atoms with Crippen molar-refractivity contribution in [3.8, 4) is 11.4 Å². The predicted octanol–water partition coefficient (Wildman–Crippen LogP) is 4.20. The molecule has 8 heteroatoms. The lowest BCUT2D eigenvalue weighted by atomic mass is 10.1. The highest BCUT2D eigenvalue weighted by Crippen LogP contribution is 2.30. The number of benzene rings is 2. The third kappa shape index (κ3) is 3.30. The zero-order valence-electron chi connectivity index (χ0n) is 19.0. The van der Waals surface area contributed by atoms with Crippen molar-refractivity contribution in [1.29, 1.82) is 0 Å². The van der Waals surface area contributed by atoms with Crippen LogP contribution in [0.1, 0.15) is 23.0 Å². The van der Waals surface area contributed by atoms with E-state index in [2.05, 4.69) is 53.2 Å². The molecule has 0 unspecified atom stereocenters. The van der Waals surface area contributed by atoms with Crippen molar-refractivity contribution in [2.45, 2.75) is 19.9 Å². The summed E-state index contributed by atoms with van der Waals surface area (Å²) in [5.74, 6) is 1.82. The van der Waals surface area contributed by atoms with Crippen LogP contribution in [-0.4, -0.2) is 56.1 Å². The van der Waals surface area contributed by atoms with E-state index in [0.717, 1.165) is 33.9 Å². The summed E-state index contributed by atoms with van der Waals surface area (Å²) in [4.78, 5) is 22.0. The van der Waals surface area contributed by atoms with Gasteiger partial charge >= 0.3 is 0 Å². The van der Waals surface area contributed by atoms with Crippen LogP contribution in [0.25, 0.3) is 27.9 Å². The molecule has 3 aromatic heterocycles. The van der Waals surface area contributed by atoms with Gasteiger partial charge in [-0.05, 0) is 38.1 Å². The molecule has 0 aliphatic carbocycles. The normalized spacial score (nSPS) is 16.5. The summed E-state index contributed by atoms with van der Waals surface area (Å²) in [5, 5.41) is 10.1. The van der Waals surface area contributed by atoms with E-state index >= 15 is 0 Å². The summed E-state index contributed by atoms with van der Waals surface area (Å²) in [5.41, 5.74) is 3.82. The van der Waals surface area contributed by atoms with Gasteiger partial charge in [-0.15, -0.1) is 10.2 Å². The number of aryl methyl sites for hydroxylation is 1. The van der Waals surface area contributed by atoms with Crippen LogP contribution in [0.2, 0.25) is 0 Å². The third-order valence-electron chi connectivity index (χ3n) is 6.44. The van der Waals surface area contributed by atoms with E-state index in [1.165, 1.54) is 11.8 Å². The number of nitrogens with zero attached hydrogens (tertiary/aromatic N) is 6. The first-order chi connectivity index (χ1) is 16.6. The number of aromatic nitrogens is 4. The Kier molecular flexibility index (Phi) is 4.79. The van der Waals surface area contributed by atoms with Gasteiger partial charge in [0.2, 0.25) is 5.95 Å². The number of para-hydroxylation sites is 1. The minimum absolute atomic E-state index is 0.0195. The van der Waals surface area contributed by atoms with Crippen LogP contribution in [0.4, 0.5) is 5.95 Å². The van der Waals surface area contributed by atoms with E-state index < -0.39 is 0 Å². The Balaban J connectivity index is 1.44. The summed E-state index contributed by atoms with van der Waals surface area (Å²) in [6, 6.07) is 19.7. The summed E-state index contributed by atoms with van der Waals surface area (Å²) in [6.07, 6.45) is 1.53. The number of rotatable bonds is 3. The fourth-order valence-electron chi connectivity index (χ4n) is 4.65. The first-order valence-corrected chi connectivity index (χ1v) is 11.4. The lowest BCUT2D eigenvalue weighted by Gasteiger charge is -2.40. The number of furan rings is 1. The molecule has 170 valence electrons. The molecule has 0 spiro atoms. The van der Waals surface area contributed by atoms with Gasteiger partial charge in [0, 0.05) is 36.6 Å². The van der Waals surface area contributed by atoms with Crippen LogP contribution < -0.4 is 4.90 Å². The number of amides is 1. The number of hydrogen-bond acceptors (Lipinski definition) is 6. The van der Waals surface area contributed by atoms with Gasteiger partial charge in [-0.3, -0.25) is 4.79 Å². The van der Waals surface area contributed by atoms with Gasteiger partial charge in [0.15, 0.2) is 17.2 Å². The quantitative estimate of drug-likeness (QED) is 0.408. The first-order valence-electron chi connectivity index (χ1n) is 11.4. The van der Waals surface area contributed by atoms with Crippen molar-refractivity contribution in [1.82, 2.24) is 24.5 Å². The summed E-state index contributed by atoms with van der Waals surface area (Å²) in [7, 11) is 0. The molecule has 0 saturated carbocycles. The predicted molar refractivity (Wildman–Crippen MR) is 130 cm³/mol. The lowest BCUT2D eigenvalue weighted by molar-refractivity contribution is 0.0640. The van der Waals surface area contributed by atoms with E-state index in [-0.39, 0.29) is 11.9 Å². The molecular formula is C26H24N6O2. The monoisotopic (exact) mass is 452 g/mol. The Morgan fingerprint density at radius 3 is 2.59 bits per heavy atom. The minimum atomic E-state index is -0.0848. The average Bonchev–Trinajstić information content (AvgIpc) is 3.55. The third-order valence-corrected chi connectivity index (χ3v) is 6.44. The van der Waals surface area contributed by atoms with E-state index in [0.29, 0.717) is 25.4 Å². The molecule has 1 amide bonds. The fourth-order valence-corrected chi connectivity index (χ4v) is 4.65. The molecule has 1 saturated heterocycles. The van der Waals surface area contributed by atoms with Crippen LogP contribution in [0.5, 0.6) is 0 Å². The van der Waals surface area contributed by atoms with E-state index in [4.69, 9.17) is 9.40 Å². The van der Waals surface area contributed by atoms with Crippen molar-refractivity contribution in [2.75, 3.05) is 24.5 Å². The maximum absolute atomic E-state index is 12.9. The highest BCUT2D eigenvalue weighted by Gasteiger charge is 2.31. The number of anilines is 1. The van der Waals surface area contributed by atoms with Crippen molar-refractivity contribution in [3.05, 3.63) is 78.3 Å². The molecule has 1 atom stereocenters. The minimum Gasteiger partial charge on any atom is -0.459 e. The second-order valence-electron chi connectivity index (χ2n) is 8.75. The Morgan fingerprint density at radius 1 is 1.00 bits per heavy atom. The van der Waals surface area contributed by atoms with Gasteiger partial charge in [0.1, 0.15) is 0 Å². The maximum atomic E-state index is 12.9. The smallest absolute Gasteiger partial charge is 0.289 e. The summed E-state index contributed by atoms with van der Waals surface area (Å²) < 4.78 is 7.38. The van der Waals surface area contributed by atoms with E-state index in [9.17, 15) is 4.79 Å². The molecule has 1 aliphatic heterocycles. The Hall–Kier alpha value is -4.20. The van der Waals surface area contributed by atoms with Gasteiger partial charge < -0.3 is 14.2 Å². The second kappa shape index (κ2) is 7.98. The zero-order valence-corrected chi connectivity index (χ0v) is 19.0. The topological polar surface area (TPSA) is 79.8 Å². The zero-order chi connectivity index (χ0) is 23.2. The largest absolute Gasteiger partial charge is 0.459 e. The van der Waals surface area contributed by atoms with Gasteiger partial charge in [-0.2, -0.15) is 0 Å². The summed E-state index contributed by atoms with van der Waals surface area (Å²) in [6.45, 7) is 5.97. The molecule has 8 nitrogen and oxygen atoms in total.